The molecule has 0 aliphatic carbocycles. The molecule has 70 heavy (non-hydrogen) atoms. The zero-order valence-corrected chi connectivity index (χ0v) is 52.6. The van der Waals surface area contributed by atoms with E-state index in [0.717, 1.165) is 44.2 Å². The van der Waals surface area contributed by atoms with Crippen LogP contribution in [0.1, 0.15) is 33.3 Å². The second-order valence-electron chi connectivity index (χ2n) is 14.2. The number of benzene rings is 6. The summed E-state index contributed by atoms with van der Waals surface area (Å²) >= 11 is 0. The van der Waals surface area contributed by atoms with E-state index in [2.05, 4.69) is 4.89 Å². The largest absolute Gasteiger partial charge is 1.00 e. The number of phenols is 1. The predicted octanol–water partition coefficient (Wildman–Crippen LogP) is 3.02. The van der Waals surface area contributed by atoms with E-state index < -0.39 is 31.5 Å². The van der Waals surface area contributed by atoms with Crippen molar-refractivity contribution in [3.63, 3.8) is 0 Å². The molecule has 19 heteroatoms. The summed E-state index contributed by atoms with van der Waals surface area (Å²) in [6, 6.07) is 45.0. The van der Waals surface area contributed by atoms with Crippen LogP contribution in [0.4, 0.5) is 0 Å². The van der Waals surface area contributed by atoms with Crippen LogP contribution < -0.4 is 159 Å². The number of carbonyl (C=O) groups is 1. The number of ether oxygens (including phenoxy) is 1. The summed E-state index contributed by atoms with van der Waals surface area (Å²) < 4.78 is 73.2. The summed E-state index contributed by atoms with van der Waals surface area (Å²) in [4.78, 5) is 35.1. The smallest absolute Gasteiger partial charge is 1.00 e. The molecule has 0 amide bonds. The average molecular weight is 1230 g/mol. The number of fused-ring (bicyclic) bond motifs is 2. The van der Waals surface area contributed by atoms with E-state index in [1.165, 1.54) is 30.3 Å². The van der Waals surface area contributed by atoms with Crippen LogP contribution in [0, 0.1) is 13.8 Å². The van der Waals surface area contributed by atoms with Crippen molar-refractivity contribution in [2.75, 3.05) is 19.8 Å². The molecule has 0 unspecified atom stereocenters. The first-order valence-corrected chi connectivity index (χ1v) is 23.2. The van der Waals surface area contributed by atoms with Crippen molar-refractivity contribution in [1.29, 1.82) is 0 Å². The summed E-state index contributed by atoms with van der Waals surface area (Å²) in [7, 11) is -7.39. The normalized spacial score (nSPS) is 10.5. The number of aryl methyl sites for hydroxylation is 2. The van der Waals surface area contributed by atoms with Crippen molar-refractivity contribution in [3.8, 4) is 33.8 Å². The van der Waals surface area contributed by atoms with E-state index in [1.807, 2.05) is 81.4 Å². The van der Waals surface area contributed by atoms with Gasteiger partial charge in [-0.1, -0.05) is 110 Å². The van der Waals surface area contributed by atoms with Gasteiger partial charge in [0.2, 0.25) is 0 Å². The van der Waals surface area contributed by atoms with Crippen molar-refractivity contribution in [3.05, 3.63) is 190 Å². The molecular weight excluding hydrogens is 1180 g/mol. The molecule has 0 aliphatic rings. The van der Waals surface area contributed by atoms with E-state index in [0.29, 0.717) is 23.3 Å². The fourth-order valence-electron chi connectivity index (χ4n) is 6.14. The maximum atomic E-state index is 12.2. The Labute approximate surface area is 525 Å². The summed E-state index contributed by atoms with van der Waals surface area (Å²) in [5.41, 5.74) is 5.30. The molecule has 6 aromatic carbocycles. The minimum atomic E-state index is -3.85. The summed E-state index contributed by atoms with van der Waals surface area (Å²) in [6.45, 7) is 5.56. The van der Waals surface area contributed by atoms with Gasteiger partial charge in [-0.25, -0.2) is 9.59 Å². The third-order valence-corrected chi connectivity index (χ3v) is 12.0. The first-order valence-electron chi connectivity index (χ1n) is 20.4. The predicted molar refractivity (Wildman–Crippen MR) is 257 cm³/mol. The Morgan fingerprint density at radius 2 is 1.00 bits per heavy atom. The molecule has 1 N–H and O–H groups in total. The second-order valence-corrected chi connectivity index (χ2v) is 17.5. The molecule has 0 radical (unpaired) electrons. The SMILES string of the molecule is C.CCCOS(=O)(=O)c1ccc(C)cc1.Cc1ccc(S(=O)(=O)OCCOc2ccc3c(-c4ccccc4)cc(=O)oc3c2)cc1.O=CO[O-].O=c1cc(-c2ccccc2)c2ccc(O)cc2o1.[Cs+].[Cs+].[H-]. The van der Waals surface area contributed by atoms with Crippen LogP contribution in [0.5, 0.6) is 11.5 Å². The molecule has 15 nitrogen and oxygen atoms in total. The molecule has 2 aromatic heterocycles. The standard InChI is InChI=1S/C24H20O6S.C15H10O3.C10H14O3S.CH2O3.CH4.2Cs.H/c1-17-7-10-20(11-8-17)31(26,27)29-14-13-28-19-9-12-21-22(18-5-3-2-4-6-18)16-24(25)30-23(21)15-19;16-11-6-7-12-13(10-4-2-1-3-5-10)9-15(17)18-14(12)8-11;1-3-8-13-14(11,12)10-6-4-9(2)5-7-10;2-1-4-3;;;;/h2-12,15-16H,13-14H2,1H3;1-9,16H;4-7H,3,8H2,1-2H3;1,3H;1H4;;;/q;;;;;2*+1;-1/p-1. The Morgan fingerprint density at radius 1 is 0.586 bits per heavy atom. The van der Waals surface area contributed by atoms with Crippen LogP contribution in [0.15, 0.2) is 186 Å². The molecule has 0 saturated heterocycles. The Bertz CT molecular complexity index is 3230. The zero-order chi connectivity index (χ0) is 48.4. The quantitative estimate of drug-likeness (QED) is 0.0438. The number of hydrogen-bond donors (Lipinski definition) is 1. The summed E-state index contributed by atoms with van der Waals surface area (Å²) in [6.07, 6.45) is 0.686. The molecular formula is C51H50Cs2O15S2. The van der Waals surface area contributed by atoms with Crippen LogP contribution in [0.25, 0.3) is 44.2 Å². The van der Waals surface area contributed by atoms with Gasteiger partial charge in [0, 0.05) is 35.0 Å². The van der Waals surface area contributed by atoms with Crippen LogP contribution in [-0.4, -0.2) is 48.2 Å². The first-order chi connectivity index (χ1) is 32.1. The van der Waals surface area contributed by atoms with Gasteiger partial charge in [0.05, 0.1) is 16.4 Å². The van der Waals surface area contributed by atoms with Gasteiger partial charge in [-0.15, -0.1) is 0 Å². The second kappa shape index (κ2) is 31.3. The van der Waals surface area contributed by atoms with E-state index in [9.17, 15) is 31.5 Å². The van der Waals surface area contributed by atoms with Gasteiger partial charge in [0.25, 0.3) is 26.7 Å². The van der Waals surface area contributed by atoms with Crippen molar-refractivity contribution >= 4 is 48.6 Å². The maximum Gasteiger partial charge on any atom is 1.00 e. The summed E-state index contributed by atoms with van der Waals surface area (Å²) in [5, 5.41) is 19.4. The van der Waals surface area contributed by atoms with Crippen LogP contribution >= 0.6 is 0 Å². The van der Waals surface area contributed by atoms with Gasteiger partial charge >= 0.3 is 149 Å². The minimum Gasteiger partial charge on any atom is -1.00 e. The first kappa shape index (κ1) is 62.8. The monoisotopic (exact) mass is 1230 g/mol. The van der Waals surface area contributed by atoms with Crippen molar-refractivity contribution in [2.45, 2.75) is 44.4 Å². The third kappa shape index (κ3) is 19.3. The summed E-state index contributed by atoms with van der Waals surface area (Å²) in [5.74, 6) is 0.521. The Balaban J connectivity index is 0.000000539. The van der Waals surface area contributed by atoms with Gasteiger partial charge in [-0.3, -0.25) is 13.2 Å². The topological polar surface area (TPSA) is 226 Å². The molecule has 8 rings (SSSR count). The van der Waals surface area contributed by atoms with Gasteiger partial charge in [0.1, 0.15) is 35.9 Å². The molecule has 2 heterocycles. The fourth-order valence-corrected chi connectivity index (χ4v) is 8.02. The van der Waals surface area contributed by atoms with Crippen molar-refractivity contribution < 1.29 is 198 Å². The molecule has 0 atom stereocenters. The van der Waals surface area contributed by atoms with Gasteiger partial charge in [0.15, 0.2) is 0 Å². The molecule has 8 aromatic rings. The average Bonchev–Trinajstić information content (AvgIpc) is 3.33. The molecule has 0 spiro atoms. The Hall–Kier alpha value is -3.31. The Morgan fingerprint density at radius 3 is 1.43 bits per heavy atom. The van der Waals surface area contributed by atoms with Gasteiger partial charge < -0.3 is 30.2 Å². The zero-order valence-electron chi connectivity index (χ0n) is 39.4. The van der Waals surface area contributed by atoms with E-state index in [1.54, 1.807) is 66.7 Å². The van der Waals surface area contributed by atoms with Crippen molar-refractivity contribution in [1.82, 2.24) is 0 Å². The fraction of sp³-hybridized carbons (Fsp3) is 0.157. The van der Waals surface area contributed by atoms with Crippen LogP contribution in [0.3, 0.4) is 0 Å². The van der Waals surface area contributed by atoms with Gasteiger partial charge in [-0.2, -0.15) is 16.8 Å². The van der Waals surface area contributed by atoms with Crippen molar-refractivity contribution in [2.24, 2.45) is 0 Å². The number of carbonyl (C=O) groups excluding carboxylic acids is 1. The van der Waals surface area contributed by atoms with E-state index >= 15 is 0 Å². The molecule has 0 aliphatic heterocycles. The molecule has 0 saturated carbocycles. The third-order valence-electron chi connectivity index (χ3n) is 9.31. The maximum absolute atomic E-state index is 12.2. The Kier molecular flexibility index (Phi) is 28.1. The van der Waals surface area contributed by atoms with E-state index in [-0.39, 0.29) is 188 Å². The number of phenolic OH excluding ortho intramolecular Hbond substituents is 1. The van der Waals surface area contributed by atoms with Gasteiger partial charge in [-0.05, 0) is 91.1 Å². The number of aromatic hydroxyl groups is 1. The number of hydrogen-bond acceptors (Lipinski definition) is 15. The molecule has 358 valence electrons. The van der Waals surface area contributed by atoms with E-state index in [4.69, 9.17) is 32.0 Å². The minimum absolute atomic E-state index is 0. The molecule has 0 fully saturated rings. The van der Waals surface area contributed by atoms with Crippen LogP contribution in [-0.2, 0) is 38.3 Å². The van der Waals surface area contributed by atoms with Crippen LogP contribution in [0.2, 0.25) is 0 Å². The number of rotatable bonds is 13. The molecule has 0 bridgehead atoms.